The molecule has 2 unspecified atom stereocenters. The lowest BCUT2D eigenvalue weighted by atomic mass is 9.87. The SMILES string of the molecule is CCC(CN)CC(Cc1cn(C2CCC(C)CC2)cn1)C(=O)O.Cl. The smallest absolute Gasteiger partial charge is 0.306 e. The molecule has 0 bridgehead atoms. The van der Waals surface area contributed by atoms with Crippen LogP contribution >= 0.6 is 12.4 Å². The van der Waals surface area contributed by atoms with E-state index in [1.807, 2.05) is 6.33 Å². The number of carboxylic acid groups (broad SMARTS) is 1. The molecule has 138 valence electrons. The van der Waals surface area contributed by atoms with Gasteiger partial charge in [-0.15, -0.1) is 12.4 Å². The molecule has 2 rings (SSSR count). The summed E-state index contributed by atoms with van der Waals surface area (Å²) in [5.74, 6) is -0.0259. The average molecular weight is 358 g/mol. The van der Waals surface area contributed by atoms with Crippen molar-refractivity contribution in [1.82, 2.24) is 9.55 Å². The quantitative estimate of drug-likeness (QED) is 0.743. The van der Waals surface area contributed by atoms with Crippen molar-refractivity contribution in [3.63, 3.8) is 0 Å². The van der Waals surface area contributed by atoms with E-state index in [0.29, 0.717) is 25.4 Å². The fourth-order valence-electron chi connectivity index (χ4n) is 3.58. The highest BCUT2D eigenvalue weighted by molar-refractivity contribution is 5.85. The van der Waals surface area contributed by atoms with Crippen molar-refractivity contribution in [2.45, 2.75) is 64.8 Å². The molecule has 6 heteroatoms. The summed E-state index contributed by atoms with van der Waals surface area (Å²) in [5.41, 5.74) is 6.62. The van der Waals surface area contributed by atoms with Crippen LogP contribution in [0.15, 0.2) is 12.5 Å². The van der Waals surface area contributed by atoms with Crippen LogP contribution in [-0.4, -0.2) is 27.2 Å². The van der Waals surface area contributed by atoms with E-state index in [1.165, 1.54) is 25.7 Å². The molecular weight excluding hydrogens is 326 g/mol. The molecular formula is C18H32ClN3O2. The predicted molar refractivity (Wildman–Crippen MR) is 98.4 cm³/mol. The number of nitrogens with two attached hydrogens (primary N) is 1. The second-order valence-electron chi connectivity index (χ2n) is 7.21. The Hall–Kier alpha value is -1.07. The second-order valence-corrected chi connectivity index (χ2v) is 7.21. The minimum atomic E-state index is -0.738. The molecule has 5 nitrogen and oxygen atoms in total. The molecule has 0 aliphatic heterocycles. The Morgan fingerprint density at radius 3 is 2.62 bits per heavy atom. The van der Waals surface area contributed by atoms with Gasteiger partial charge in [-0.2, -0.15) is 0 Å². The summed E-state index contributed by atoms with van der Waals surface area (Å²) in [6.07, 6.45) is 10.9. The van der Waals surface area contributed by atoms with Crippen LogP contribution in [-0.2, 0) is 11.2 Å². The summed E-state index contributed by atoms with van der Waals surface area (Å²) < 4.78 is 2.19. The molecule has 1 saturated carbocycles. The molecule has 1 aliphatic rings. The number of carboxylic acids is 1. The van der Waals surface area contributed by atoms with Crippen molar-refractivity contribution in [2.24, 2.45) is 23.5 Å². The maximum absolute atomic E-state index is 11.5. The van der Waals surface area contributed by atoms with Gasteiger partial charge in [0.15, 0.2) is 0 Å². The summed E-state index contributed by atoms with van der Waals surface area (Å²) in [6.45, 7) is 4.93. The van der Waals surface area contributed by atoms with Gasteiger partial charge in [-0.25, -0.2) is 4.98 Å². The summed E-state index contributed by atoms with van der Waals surface area (Å²) >= 11 is 0. The van der Waals surface area contributed by atoms with Crippen molar-refractivity contribution in [2.75, 3.05) is 6.54 Å². The standard InChI is InChI=1S/C18H31N3O2.ClH/c1-3-14(10-19)8-15(18(22)23)9-16-11-21(12-20-16)17-6-4-13(2)5-7-17;/h11-15,17H,3-10,19H2,1-2H3,(H,22,23);1H. The van der Waals surface area contributed by atoms with Crippen molar-refractivity contribution in [3.05, 3.63) is 18.2 Å². The molecule has 2 atom stereocenters. The Morgan fingerprint density at radius 2 is 2.08 bits per heavy atom. The molecule has 0 aromatic carbocycles. The van der Waals surface area contributed by atoms with Crippen LogP contribution in [0, 0.1) is 17.8 Å². The van der Waals surface area contributed by atoms with Gasteiger partial charge in [0.1, 0.15) is 0 Å². The highest BCUT2D eigenvalue weighted by Crippen LogP contribution is 2.32. The van der Waals surface area contributed by atoms with Crippen LogP contribution in [0.25, 0.3) is 0 Å². The van der Waals surface area contributed by atoms with E-state index < -0.39 is 11.9 Å². The van der Waals surface area contributed by atoms with E-state index in [1.54, 1.807) is 0 Å². The molecule has 0 amide bonds. The fourth-order valence-corrected chi connectivity index (χ4v) is 3.58. The van der Waals surface area contributed by atoms with Gasteiger partial charge in [-0.3, -0.25) is 4.79 Å². The first-order valence-electron chi connectivity index (χ1n) is 8.98. The molecule has 1 fully saturated rings. The minimum absolute atomic E-state index is 0. The van der Waals surface area contributed by atoms with Gasteiger partial charge in [-0.05, 0) is 50.5 Å². The number of hydrogen-bond donors (Lipinski definition) is 2. The summed E-state index contributed by atoms with van der Waals surface area (Å²) in [5, 5.41) is 9.48. The first kappa shape index (κ1) is 21.0. The van der Waals surface area contributed by atoms with Gasteiger partial charge in [-0.1, -0.05) is 20.3 Å². The van der Waals surface area contributed by atoms with Crippen LogP contribution in [0.4, 0.5) is 0 Å². The molecule has 3 N–H and O–H groups in total. The lowest BCUT2D eigenvalue weighted by molar-refractivity contribution is -0.142. The van der Waals surface area contributed by atoms with E-state index in [-0.39, 0.29) is 18.3 Å². The minimum Gasteiger partial charge on any atom is -0.481 e. The van der Waals surface area contributed by atoms with Gasteiger partial charge in [0.25, 0.3) is 0 Å². The van der Waals surface area contributed by atoms with E-state index in [0.717, 1.165) is 18.0 Å². The number of hydrogen-bond acceptors (Lipinski definition) is 3. The molecule has 0 radical (unpaired) electrons. The maximum Gasteiger partial charge on any atom is 0.306 e. The third kappa shape index (κ3) is 5.78. The van der Waals surface area contributed by atoms with E-state index in [9.17, 15) is 9.90 Å². The topological polar surface area (TPSA) is 81.1 Å². The summed E-state index contributed by atoms with van der Waals surface area (Å²) in [4.78, 5) is 16.0. The zero-order valence-electron chi connectivity index (χ0n) is 14.9. The van der Waals surface area contributed by atoms with Crippen LogP contribution in [0.5, 0.6) is 0 Å². The van der Waals surface area contributed by atoms with E-state index >= 15 is 0 Å². The molecule has 1 aromatic heterocycles. The van der Waals surface area contributed by atoms with Crippen LogP contribution < -0.4 is 5.73 Å². The molecule has 1 aliphatic carbocycles. The summed E-state index contributed by atoms with van der Waals surface area (Å²) in [6, 6.07) is 0.531. The van der Waals surface area contributed by atoms with Gasteiger partial charge < -0.3 is 15.4 Å². The van der Waals surface area contributed by atoms with Gasteiger partial charge in [0.2, 0.25) is 0 Å². The van der Waals surface area contributed by atoms with Crippen molar-refractivity contribution < 1.29 is 9.90 Å². The van der Waals surface area contributed by atoms with Crippen LogP contribution in [0.1, 0.15) is 64.1 Å². The highest BCUT2D eigenvalue weighted by Gasteiger charge is 2.24. The molecule has 24 heavy (non-hydrogen) atoms. The molecule has 1 aromatic rings. The van der Waals surface area contributed by atoms with Crippen LogP contribution in [0.3, 0.4) is 0 Å². The largest absolute Gasteiger partial charge is 0.481 e. The Morgan fingerprint density at radius 1 is 1.42 bits per heavy atom. The average Bonchev–Trinajstić information content (AvgIpc) is 3.00. The number of carbonyl (C=O) groups is 1. The molecule has 0 spiro atoms. The van der Waals surface area contributed by atoms with Crippen molar-refractivity contribution in [3.8, 4) is 0 Å². The van der Waals surface area contributed by atoms with E-state index in [4.69, 9.17) is 5.73 Å². The predicted octanol–water partition coefficient (Wildman–Crippen LogP) is 3.67. The number of aliphatic carboxylic acids is 1. The lowest BCUT2D eigenvalue weighted by Crippen LogP contribution is -2.24. The normalized spacial score (nSPS) is 23.3. The van der Waals surface area contributed by atoms with E-state index in [2.05, 4.69) is 29.6 Å². The number of aromatic nitrogens is 2. The van der Waals surface area contributed by atoms with Gasteiger partial charge in [0.05, 0.1) is 17.9 Å². The Balaban J connectivity index is 0.00000288. The number of imidazole rings is 1. The third-order valence-electron chi connectivity index (χ3n) is 5.40. The monoisotopic (exact) mass is 357 g/mol. The first-order chi connectivity index (χ1) is 11.0. The Kier molecular flexibility index (Phi) is 8.78. The highest BCUT2D eigenvalue weighted by atomic mass is 35.5. The fraction of sp³-hybridized carbons (Fsp3) is 0.778. The van der Waals surface area contributed by atoms with Gasteiger partial charge >= 0.3 is 5.97 Å². The van der Waals surface area contributed by atoms with Gasteiger partial charge in [0, 0.05) is 18.7 Å². The molecule has 1 heterocycles. The zero-order valence-corrected chi connectivity index (χ0v) is 15.7. The maximum atomic E-state index is 11.5. The second kappa shape index (κ2) is 10.0. The summed E-state index contributed by atoms with van der Waals surface area (Å²) in [7, 11) is 0. The van der Waals surface area contributed by atoms with Crippen molar-refractivity contribution in [1.29, 1.82) is 0 Å². The Bertz CT molecular complexity index is 494. The number of halogens is 1. The third-order valence-corrected chi connectivity index (χ3v) is 5.40. The lowest BCUT2D eigenvalue weighted by Gasteiger charge is -2.26. The van der Waals surface area contributed by atoms with Crippen molar-refractivity contribution >= 4 is 18.4 Å². The Labute approximate surface area is 151 Å². The first-order valence-corrected chi connectivity index (χ1v) is 8.98. The zero-order chi connectivity index (χ0) is 16.8. The molecule has 0 saturated heterocycles. The van der Waals surface area contributed by atoms with Crippen LogP contribution in [0.2, 0.25) is 0 Å². The number of rotatable bonds is 8. The number of nitrogens with zero attached hydrogens (tertiary/aromatic N) is 2.